The Labute approximate surface area is 187 Å². The number of carbonyl (C=O) groups is 1. The van der Waals surface area contributed by atoms with E-state index >= 15 is 0 Å². The van der Waals surface area contributed by atoms with Gasteiger partial charge in [0.05, 0.1) is 11.7 Å². The van der Waals surface area contributed by atoms with Gasteiger partial charge in [-0.2, -0.15) is 0 Å². The summed E-state index contributed by atoms with van der Waals surface area (Å²) in [5, 5.41) is 44.0. The van der Waals surface area contributed by atoms with E-state index in [9.17, 15) is 25.2 Å². The van der Waals surface area contributed by atoms with Gasteiger partial charge < -0.3 is 35.2 Å². The molecule has 1 unspecified atom stereocenters. The van der Waals surface area contributed by atoms with Gasteiger partial charge in [-0.05, 0) is 49.6 Å². The lowest BCUT2D eigenvalue weighted by Gasteiger charge is -2.44. The number of hydrogen-bond donors (Lipinski definition) is 5. The summed E-state index contributed by atoms with van der Waals surface area (Å²) >= 11 is 0. The summed E-state index contributed by atoms with van der Waals surface area (Å²) in [5.74, 6) is 0.105. The maximum Gasteiger partial charge on any atom is 0.229 e. The number of amides is 1. The molecule has 1 saturated heterocycles. The molecule has 5 N–H and O–H groups in total. The molecule has 8 heteroatoms. The molecule has 2 aromatic carbocycles. The van der Waals surface area contributed by atoms with Crippen LogP contribution in [0.2, 0.25) is 0 Å². The van der Waals surface area contributed by atoms with Gasteiger partial charge in [-0.3, -0.25) is 4.79 Å². The van der Waals surface area contributed by atoms with Crippen molar-refractivity contribution in [2.75, 3.05) is 6.54 Å². The van der Waals surface area contributed by atoms with Crippen molar-refractivity contribution in [2.24, 2.45) is 0 Å². The molecule has 2 aromatic rings. The standard InChI is InChI=1S/C24H31NO7/c1-13-6-5-7-15(10-13)18-11-16(8-9-17(18)19(27)12-25-14(2)26)31-23-21(29)20(28)22(30)24(3,4)32-23/h5-11,19-23,27-30H,12H2,1-4H3,(H,25,26)/t19?,20-,21+,22+,23+/m0/s1. The highest BCUT2D eigenvalue weighted by atomic mass is 16.7. The molecule has 8 nitrogen and oxygen atoms in total. The molecule has 0 aromatic heterocycles. The van der Waals surface area contributed by atoms with E-state index in [1.54, 1.807) is 32.0 Å². The van der Waals surface area contributed by atoms with Crippen molar-refractivity contribution in [1.29, 1.82) is 0 Å². The minimum Gasteiger partial charge on any atom is -0.462 e. The minimum atomic E-state index is -1.45. The van der Waals surface area contributed by atoms with Crippen LogP contribution >= 0.6 is 0 Å². The molecular weight excluding hydrogens is 414 g/mol. The molecule has 1 amide bonds. The lowest BCUT2D eigenvalue weighted by atomic mass is 9.90. The SMILES string of the molecule is CC(=O)NCC(O)c1ccc(O[C@@H]2OC(C)(C)[C@H](O)[C@@H](O)[C@H]2O)cc1-c1cccc(C)c1. The molecule has 5 atom stereocenters. The fraction of sp³-hybridized carbons (Fsp3) is 0.458. The van der Waals surface area contributed by atoms with Crippen LogP contribution < -0.4 is 10.1 Å². The van der Waals surface area contributed by atoms with E-state index < -0.39 is 36.3 Å². The Kier molecular flexibility index (Phi) is 7.22. The molecule has 1 aliphatic heterocycles. The molecule has 32 heavy (non-hydrogen) atoms. The summed E-state index contributed by atoms with van der Waals surface area (Å²) in [5.41, 5.74) is 2.03. The monoisotopic (exact) mass is 445 g/mol. The van der Waals surface area contributed by atoms with Crippen molar-refractivity contribution in [1.82, 2.24) is 5.32 Å². The third-order valence-electron chi connectivity index (χ3n) is 5.59. The van der Waals surface area contributed by atoms with Crippen molar-refractivity contribution in [3.63, 3.8) is 0 Å². The van der Waals surface area contributed by atoms with Crippen LogP contribution in [0.25, 0.3) is 11.1 Å². The predicted octanol–water partition coefficient (Wildman–Crippen LogP) is 1.43. The van der Waals surface area contributed by atoms with Crippen LogP contribution in [0.4, 0.5) is 0 Å². The molecule has 0 bridgehead atoms. The normalized spacial score (nSPS) is 25.8. The summed E-state index contributed by atoms with van der Waals surface area (Å²) in [6.45, 7) is 6.59. The van der Waals surface area contributed by atoms with Gasteiger partial charge in [0.25, 0.3) is 0 Å². The topological polar surface area (TPSA) is 128 Å². The number of ether oxygens (including phenoxy) is 2. The molecule has 0 spiro atoms. The molecule has 0 radical (unpaired) electrons. The number of aliphatic hydroxyl groups is 4. The summed E-state index contributed by atoms with van der Waals surface area (Å²) in [7, 11) is 0. The largest absolute Gasteiger partial charge is 0.462 e. The zero-order valence-corrected chi connectivity index (χ0v) is 18.6. The van der Waals surface area contributed by atoms with Gasteiger partial charge in [-0.1, -0.05) is 35.9 Å². The van der Waals surface area contributed by atoms with Gasteiger partial charge in [0.1, 0.15) is 24.1 Å². The molecule has 0 aliphatic carbocycles. The first kappa shape index (κ1) is 24.2. The van der Waals surface area contributed by atoms with E-state index in [-0.39, 0.29) is 12.5 Å². The summed E-state index contributed by atoms with van der Waals surface area (Å²) < 4.78 is 11.6. The molecule has 3 rings (SSSR count). The van der Waals surface area contributed by atoms with E-state index in [4.69, 9.17) is 9.47 Å². The highest BCUT2D eigenvalue weighted by molar-refractivity contribution is 5.73. The second-order valence-corrected chi connectivity index (χ2v) is 8.70. The summed E-state index contributed by atoms with van der Waals surface area (Å²) in [4.78, 5) is 11.3. The Bertz CT molecular complexity index is 961. The second kappa shape index (κ2) is 9.56. The second-order valence-electron chi connectivity index (χ2n) is 8.70. The molecular formula is C24H31NO7. The van der Waals surface area contributed by atoms with Gasteiger partial charge >= 0.3 is 0 Å². The Balaban J connectivity index is 1.94. The number of benzene rings is 2. The molecule has 1 fully saturated rings. The van der Waals surface area contributed by atoms with E-state index in [2.05, 4.69) is 5.32 Å². The van der Waals surface area contributed by atoms with Gasteiger partial charge in [-0.25, -0.2) is 0 Å². The highest BCUT2D eigenvalue weighted by Crippen LogP contribution is 2.35. The van der Waals surface area contributed by atoms with Crippen LogP contribution in [0.3, 0.4) is 0 Å². The fourth-order valence-electron chi connectivity index (χ4n) is 3.74. The molecule has 1 aliphatic rings. The lowest BCUT2D eigenvalue weighted by Crippen LogP contribution is -2.63. The number of nitrogens with one attached hydrogen (secondary N) is 1. The molecule has 0 saturated carbocycles. The fourth-order valence-corrected chi connectivity index (χ4v) is 3.74. The zero-order chi connectivity index (χ0) is 23.6. The summed E-state index contributed by atoms with van der Waals surface area (Å²) in [6.07, 6.45) is -6.31. The number of carbonyl (C=O) groups excluding carboxylic acids is 1. The number of aliphatic hydroxyl groups excluding tert-OH is 4. The van der Waals surface area contributed by atoms with Crippen molar-refractivity contribution >= 4 is 5.91 Å². The maximum absolute atomic E-state index is 11.3. The number of aryl methyl sites for hydroxylation is 1. The first-order valence-electron chi connectivity index (χ1n) is 10.5. The maximum atomic E-state index is 11.3. The Morgan fingerprint density at radius 2 is 1.88 bits per heavy atom. The molecule has 1 heterocycles. The average Bonchev–Trinajstić information content (AvgIpc) is 2.74. The van der Waals surface area contributed by atoms with Crippen LogP contribution in [0.1, 0.15) is 38.0 Å². The van der Waals surface area contributed by atoms with E-state index in [0.717, 1.165) is 11.1 Å². The van der Waals surface area contributed by atoms with Gasteiger partial charge in [-0.15, -0.1) is 0 Å². The van der Waals surface area contributed by atoms with Crippen LogP contribution in [0, 0.1) is 6.92 Å². The number of hydrogen-bond acceptors (Lipinski definition) is 7. The van der Waals surface area contributed by atoms with E-state index in [0.29, 0.717) is 16.9 Å². The van der Waals surface area contributed by atoms with E-state index in [1.165, 1.54) is 6.92 Å². The Morgan fingerprint density at radius 1 is 1.16 bits per heavy atom. The van der Waals surface area contributed by atoms with Gasteiger partial charge in [0.2, 0.25) is 12.2 Å². The van der Waals surface area contributed by atoms with Crippen molar-refractivity contribution in [3.8, 4) is 16.9 Å². The third-order valence-corrected chi connectivity index (χ3v) is 5.59. The van der Waals surface area contributed by atoms with Crippen LogP contribution in [-0.2, 0) is 9.53 Å². The average molecular weight is 446 g/mol. The van der Waals surface area contributed by atoms with Gasteiger partial charge in [0, 0.05) is 13.5 Å². The third kappa shape index (κ3) is 5.28. The molecule has 174 valence electrons. The highest BCUT2D eigenvalue weighted by Gasteiger charge is 2.49. The van der Waals surface area contributed by atoms with Crippen LogP contribution in [0.5, 0.6) is 5.75 Å². The van der Waals surface area contributed by atoms with Crippen molar-refractivity contribution < 1.29 is 34.7 Å². The summed E-state index contributed by atoms with van der Waals surface area (Å²) in [6, 6.07) is 12.7. The van der Waals surface area contributed by atoms with Crippen molar-refractivity contribution in [3.05, 3.63) is 53.6 Å². The lowest BCUT2D eigenvalue weighted by molar-refractivity contribution is -0.301. The predicted molar refractivity (Wildman–Crippen MR) is 118 cm³/mol. The smallest absolute Gasteiger partial charge is 0.229 e. The van der Waals surface area contributed by atoms with E-state index in [1.807, 2.05) is 31.2 Å². The van der Waals surface area contributed by atoms with Crippen LogP contribution in [0.15, 0.2) is 42.5 Å². The van der Waals surface area contributed by atoms with Crippen LogP contribution in [-0.4, -0.2) is 63.1 Å². The zero-order valence-electron chi connectivity index (χ0n) is 18.6. The minimum absolute atomic E-state index is 0.0527. The Hall–Kier alpha value is -2.49. The first-order chi connectivity index (χ1) is 15.0. The number of rotatable bonds is 6. The van der Waals surface area contributed by atoms with Crippen molar-refractivity contribution in [2.45, 2.75) is 64.0 Å². The Morgan fingerprint density at radius 3 is 2.53 bits per heavy atom. The first-order valence-corrected chi connectivity index (χ1v) is 10.5. The quantitative estimate of drug-likeness (QED) is 0.455. The van der Waals surface area contributed by atoms with Gasteiger partial charge in [0.15, 0.2) is 0 Å².